The quantitative estimate of drug-likeness (QED) is 0.651. The molecule has 0 amide bonds. The fourth-order valence-corrected chi connectivity index (χ4v) is 4.98. The summed E-state index contributed by atoms with van der Waals surface area (Å²) in [4.78, 5) is 39.3. The molecule has 1 atom stereocenters. The van der Waals surface area contributed by atoms with Crippen LogP contribution >= 0.6 is 0 Å². The van der Waals surface area contributed by atoms with Gasteiger partial charge in [-0.2, -0.15) is 0 Å². The van der Waals surface area contributed by atoms with E-state index in [9.17, 15) is 29.7 Å². The molecule has 140 valence electrons. The van der Waals surface area contributed by atoms with Crippen molar-refractivity contribution in [3.8, 4) is 17.2 Å². The Bertz CT molecular complexity index is 1230. The number of ketones is 3. The van der Waals surface area contributed by atoms with Gasteiger partial charge in [-0.05, 0) is 55.2 Å². The lowest BCUT2D eigenvalue weighted by Gasteiger charge is -2.45. The maximum atomic E-state index is 13.2. The molecule has 6 nitrogen and oxygen atoms in total. The summed E-state index contributed by atoms with van der Waals surface area (Å²) < 4.78 is 0. The number of carbonyl (C=O) groups excluding carboxylic acids is 3. The van der Waals surface area contributed by atoms with Crippen molar-refractivity contribution in [1.82, 2.24) is 0 Å². The highest BCUT2D eigenvalue weighted by Gasteiger charge is 2.53. The number of rotatable bonds is 0. The maximum Gasteiger partial charge on any atom is 0.201 e. The Hall–Kier alpha value is -3.41. The van der Waals surface area contributed by atoms with Crippen LogP contribution in [-0.2, 0) is 0 Å². The fourth-order valence-electron chi connectivity index (χ4n) is 4.98. The van der Waals surface area contributed by atoms with Gasteiger partial charge in [0.2, 0.25) is 5.78 Å². The van der Waals surface area contributed by atoms with Crippen LogP contribution in [-0.4, -0.2) is 32.7 Å². The minimum Gasteiger partial charge on any atom is -0.507 e. The molecule has 2 aromatic carbocycles. The van der Waals surface area contributed by atoms with Gasteiger partial charge in [-0.15, -0.1) is 0 Å². The van der Waals surface area contributed by atoms with Crippen LogP contribution < -0.4 is 0 Å². The van der Waals surface area contributed by atoms with Gasteiger partial charge in [0, 0.05) is 17.5 Å². The van der Waals surface area contributed by atoms with E-state index >= 15 is 0 Å². The van der Waals surface area contributed by atoms with Crippen molar-refractivity contribution in [2.45, 2.75) is 26.7 Å². The lowest BCUT2D eigenvalue weighted by atomic mass is 9.56. The molecular weight excluding hydrogens is 360 g/mol. The maximum absolute atomic E-state index is 13.2. The summed E-state index contributed by atoms with van der Waals surface area (Å²) >= 11 is 0. The third kappa shape index (κ3) is 1.62. The number of phenols is 3. The minimum absolute atomic E-state index is 0.0137. The standard InChI is InChI=1S/C22H16O6/c1-7-4-9(23)15-18-13(7)10(24)5-8-14(18)19-16(20(15)27)11(25)6-12(26)17(19)21(28)22(8,2)3/h4-6,14,23,25-26H,1-3H3/t14-/m1/s1. The molecule has 0 spiro atoms. The van der Waals surface area contributed by atoms with Gasteiger partial charge >= 0.3 is 0 Å². The molecule has 28 heavy (non-hydrogen) atoms. The predicted molar refractivity (Wildman–Crippen MR) is 98.4 cm³/mol. The van der Waals surface area contributed by atoms with E-state index < -0.39 is 34.4 Å². The van der Waals surface area contributed by atoms with Gasteiger partial charge in [0.25, 0.3) is 0 Å². The first-order valence-electron chi connectivity index (χ1n) is 8.88. The topological polar surface area (TPSA) is 112 Å². The van der Waals surface area contributed by atoms with Gasteiger partial charge in [-0.1, -0.05) is 0 Å². The molecule has 0 heterocycles. The smallest absolute Gasteiger partial charge is 0.201 e. The predicted octanol–water partition coefficient (Wildman–Crippen LogP) is 3.13. The van der Waals surface area contributed by atoms with Crippen molar-refractivity contribution in [1.29, 1.82) is 0 Å². The van der Waals surface area contributed by atoms with E-state index in [4.69, 9.17) is 0 Å². The van der Waals surface area contributed by atoms with Crippen molar-refractivity contribution in [2.75, 3.05) is 0 Å². The summed E-state index contributed by atoms with van der Waals surface area (Å²) in [5, 5.41) is 31.4. The number of aryl methyl sites for hydroxylation is 1. The van der Waals surface area contributed by atoms with Gasteiger partial charge in [0.15, 0.2) is 11.6 Å². The van der Waals surface area contributed by atoms with E-state index in [0.717, 1.165) is 6.07 Å². The highest BCUT2D eigenvalue weighted by atomic mass is 16.3. The number of hydrogen-bond acceptors (Lipinski definition) is 6. The summed E-state index contributed by atoms with van der Waals surface area (Å²) in [6, 6.07) is 2.35. The van der Waals surface area contributed by atoms with Crippen molar-refractivity contribution in [2.24, 2.45) is 5.41 Å². The second-order valence-electron chi connectivity index (χ2n) is 8.13. The Morgan fingerprint density at radius 3 is 2.00 bits per heavy atom. The van der Waals surface area contributed by atoms with E-state index in [-0.39, 0.29) is 33.8 Å². The van der Waals surface area contributed by atoms with Crippen LogP contribution in [0.4, 0.5) is 0 Å². The number of aromatic hydroxyl groups is 3. The lowest BCUT2D eigenvalue weighted by Crippen LogP contribution is -2.41. The van der Waals surface area contributed by atoms with E-state index in [1.165, 1.54) is 12.1 Å². The average Bonchev–Trinajstić information content (AvgIpc) is 2.58. The van der Waals surface area contributed by atoms with E-state index in [2.05, 4.69) is 0 Å². The first-order valence-corrected chi connectivity index (χ1v) is 8.88. The van der Waals surface area contributed by atoms with Gasteiger partial charge < -0.3 is 15.3 Å². The summed E-state index contributed by atoms with van der Waals surface area (Å²) in [6.07, 6.45) is 1.42. The molecule has 6 heteroatoms. The van der Waals surface area contributed by atoms with Gasteiger partial charge in [0.05, 0.1) is 22.1 Å². The molecule has 0 aromatic heterocycles. The van der Waals surface area contributed by atoms with Crippen LogP contribution in [0.25, 0.3) is 0 Å². The number of hydrogen-bond donors (Lipinski definition) is 3. The van der Waals surface area contributed by atoms with Crippen molar-refractivity contribution < 1.29 is 29.7 Å². The Labute approximate surface area is 159 Å². The highest BCUT2D eigenvalue weighted by molar-refractivity contribution is 6.24. The molecular formula is C22H16O6. The minimum atomic E-state index is -1.10. The fraction of sp³-hybridized carbons (Fsp3) is 0.227. The Kier molecular flexibility index (Phi) is 2.81. The lowest BCUT2D eigenvalue weighted by molar-refractivity contribution is 0.0853. The molecule has 2 aromatic rings. The SMILES string of the molecule is Cc1cc(O)c2c3c1C(=O)C=C1[C@H]3c3c(c(O)cc(O)c3C(=O)C1(C)C)C2=O. The first kappa shape index (κ1) is 16.7. The summed E-state index contributed by atoms with van der Waals surface area (Å²) in [5.74, 6) is -3.23. The molecule has 0 saturated heterocycles. The van der Waals surface area contributed by atoms with E-state index in [1.54, 1.807) is 20.8 Å². The monoisotopic (exact) mass is 376 g/mol. The molecule has 3 N–H and O–H groups in total. The number of benzene rings is 2. The van der Waals surface area contributed by atoms with Gasteiger partial charge in [-0.3, -0.25) is 14.4 Å². The first-order chi connectivity index (χ1) is 13.1. The Balaban J connectivity index is 2.07. The molecule has 0 fully saturated rings. The summed E-state index contributed by atoms with van der Waals surface area (Å²) in [5.41, 5.74) is 0.635. The van der Waals surface area contributed by atoms with Crippen molar-refractivity contribution in [3.63, 3.8) is 0 Å². The van der Waals surface area contributed by atoms with Crippen LogP contribution in [0.1, 0.15) is 73.1 Å². The Morgan fingerprint density at radius 2 is 1.36 bits per heavy atom. The normalized spacial score (nSPS) is 20.8. The van der Waals surface area contributed by atoms with Crippen LogP contribution in [0.3, 0.4) is 0 Å². The zero-order chi connectivity index (χ0) is 20.3. The molecule has 3 aliphatic carbocycles. The van der Waals surface area contributed by atoms with Gasteiger partial charge in [0.1, 0.15) is 17.2 Å². The summed E-state index contributed by atoms with van der Waals surface area (Å²) in [7, 11) is 0. The number of Topliss-reactive ketones (excluding diaryl/α,β-unsaturated/α-hetero) is 1. The largest absolute Gasteiger partial charge is 0.507 e. The van der Waals surface area contributed by atoms with Crippen LogP contribution in [0, 0.1) is 12.3 Å². The van der Waals surface area contributed by atoms with Crippen LogP contribution in [0.2, 0.25) is 0 Å². The number of allylic oxidation sites excluding steroid dienone is 2. The Morgan fingerprint density at radius 1 is 0.821 bits per heavy atom. The summed E-state index contributed by atoms with van der Waals surface area (Å²) in [6.45, 7) is 5.01. The molecule has 0 unspecified atom stereocenters. The molecule has 0 bridgehead atoms. The molecule has 0 saturated carbocycles. The second kappa shape index (κ2) is 4.70. The molecule has 0 radical (unpaired) electrons. The van der Waals surface area contributed by atoms with Crippen molar-refractivity contribution in [3.05, 3.63) is 62.7 Å². The van der Waals surface area contributed by atoms with Crippen molar-refractivity contribution >= 4 is 17.3 Å². The third-order valence-corrected chi connectivity index (χ3v) is 6.26. The average molecular weight is 376 g/mol. The zero-order valence-electron chi connectivity index (χ0n) is 15.4. The van der Waals surface area contributed by atoms with E-state index in [1.807, 2.05) is 0 Å². The van der Waals surface area contributed by atoms with Gasteiger partial charge in [-0.25, -0.2) is 0 Å². The van der Waals surface area contributed by atoms with E-state index in [0.29, 0.717) is 22.3 Å². The zero-order valence-corrected chi connectivity index (χ0v) is 15.4. The number of carbonyl (C=O) groups is 3. The number of phenolic OH excluding ortho intramolecular Hbond substituents is 3. The molecule has 5 rings (SSSR count). The second-order valence-corrected chi connectivity index (χ2v) is 8.13. The highest BCUT2D eigenvalue weighted by Crippen LogP contribution is 2.59. The molecule has 0 aliphatic heterocycles. The van der Waals surface area contributed by atoms with Crippen LogP contribution in [0.15, 0.2) is 23.8 Å². The third-order valence-electron chi connectivity index (χ3n) is 6.26. The molecule has 3 aliphatic rings. The van der Waals surface area contributed by atoms with Crippen LogP contribution in [0.5, 0.6) is 17.2 Å².